The maximum absolute atomic E-state index is 6.26. The molecular formula is C18H20N6. The molecular weight excluding hydrogens is 300 g/mol. The van der Waals surface area contributed by atoms with Crippen LogP contribution in [0.3, 0.4) is 0 Å². The molecule has 0 bridgehead atoms. The molecule has 0 saturated heterocycles. The Labute approximate surface area is 139 Å². The minimum absolute atomic E-state index is 0.0673. The number of hydrogen-bond acceptors (Lipinski definition) is 4. The summed E-state index contributed by atoms with van der Waals surface area (Å²) in [6.07, 6.45) is 4.50. The largest absolute Gasteiger partial charge is 0.341 e. The molecule has 4 N–H and O–H groups in total. The third-order valence-electron chi connectivity index (χ3n) is 4.24. The molecule has 6 nitrogen and oxygen atoms in total. The van der Waals surface area contributed by atoms with Crippen LogP contribution < -0.4 is 5.73 Å². The first-order chi connectivity index (χ1) is 11.6. The number of imidazole rings is 1. The van der Waals surface area contributed by atoms with Gasteiger partial charge in [0, 0.05) is 11.6 Å². The number of hydrogen-bond donors (Lipinski definition) is 3. The molecule has 0 spiro atoms. The van der Waals surface area contributed by atoms with E-state index >= 15 is 0 Å². The standard InChI is InChI=1S/C18H20N6/c1-10(2)7-14(19)18-22-15-4-3-11(8-16(15)23-18)12-5-6-20-17-13(12)9-21-24-17/h3-6,8-10,14H,7,19H2,1-2H3,(H,22,23)(H,20,21,24). The molecule has 3 heterocycles. The number of H-pyrrole nitrogens is 2. The summed E-state index contributed by atoms with van der Waals surface area (Å²) < 4.78 is 0. The number of fused-ring (bicyclic) bond motifs is 2. The number of aromatic nitrogens is 5. The first kappa shape index (κ1) is 14.8. The van der Waals surface area contributed by atoms with E-state index in [9.17, 15) is 0 Å². The van der Waals surface area contributed by atoms with Gasteiger partial charge in [0.05, 0.1) is 23.3 Å². The van der Waals surface area contributed by atoms with Crippen LogP contribution in [-0.2, 0) is 0 Å². The Balaban J connectivity index is 1.77. The molecule has 4 aromatic rings. The van der Waals surface area contributed by atoms with Gasteiger partial charge in [-0.25, -0.2) is 9.97 Å². The van der Waals surface area contributed by atoms with E-state index in [-0.39, 0.29) is 6.04 Å². The third kappa shape index (κ3) is 2.55. The Bertz CT molecular complexity index is 997. The molecule has 0 aliphatic rings. The second kappa shape index (κ2) is 5.72. The van der Waals surface area contributed by atoms with Crippen molar-refractivity contribution in [1.82, 2.24) is 25.1 Å². The molecule has 6 heteroatoms. The zero-order valence-electron chi connectivity index (χ0n) is 13.7. The van der Waals surface area contributed by atoms with Gasteiger partial charge in [0.15, 0.2) is 5.65 Å². The quantitative estimate of drug-likeness (QED) is 0.536. The molecule has 0 aliphatic heterocycles. The van der Waals surface area contributed by atoms with E-state index in [4.69, 9.17) is 5.73 Å². The number of nitrogens with zero attached hydrogens (tertiary/aromatic N) is 3. The summed E-state index contributed by atoms with van der Waals surface area (Å²) in [5.74, 6) is 1.38. The van der Waals surface area contributed by atoms with E-state index in [1.165, 1.54) is 0 Å². The van der Waals surface area contributed by atoms with E-state index in [1.54, 1.807) is 12.4 Å². The van der Waals surface area contributed by atoms with Gasteiger partial charge in [-0.2, -0.15) is 5.10 Å². The Morgan fingerprint density at radius 1 is 1.21 bits per heavy atom. The van der Waals surface area contributed by atoms with Gasteiger partial charge in [-0.05, 0) is 41.7 Å². The van der Waals surface area contributed by atoms with Crippen LogP contribution in [0, 0.1) is 5.92 Å². The molecule has 1 atom stereocenters. The number of benzene rings is 1. The topological polar surface area (TPSA) is 96.3 Å². The summed E-state index contributed by atoms with van der Waals surface area (Å²) in [6, 6.07) is 8.14. The van der Waals surface area contributed by atoms with E-state index in [0.717, 1.165) is 45.4 Å². The number of pyridine rings is 1. The van der Waals surface area contributed by atoms with Gasteiger partial charge in [-0.15, -0.1) is 0 Å². The van der Waals surface area contributed by atoms with Gasteiger partial charge < -0.3 is 10.7 Å². The van der Waals surface area contributed by atoms with Gasteiger partial charge in [0.1, 0.15) is 5.82 Å². The van der Waals surface area contributed by atoms with Crippen molar-refractivity contribution in [2.24, 2.45) is 11.7 Å². The molecule has 0 fully saturated rings. The first-order valence-electron chi connectivity index (χ1n) is 8.15. The highest BCUT2D eigenvalue weighted by Crippen LogP contribution is 2.29. The molecule has 0 saturated carbocycles. The molecule has 0 amide bonds. The maximum atomic E-state index is 6.26. The van der Waals surface area contributed by atoms with Crippen molar-refractivity contribution in [3.63, 3.8) is 0 Å². The van der Waals surface area contributed by atoms with Crippen molar-refractivity contribution >= 4 is 22.1 Å². The van der Waals surface area contributed by atoms with Crippen LogP contribution in [0.5, 0.6) is 0 Å². The van der Waals surface area contributed by atoms with Crippen molar-refractivity contribution in [3.05, 3.63) is 42.5 Å². The van der Waals surface area contributed by atoms with Gasteiger partial charge in [-0.3, -0.25) is 5.10 Å². The van der Waals surface area contributed by atoms with Crippen molar-refractivity contribution < 1.29 is 0 Å². The van der Waals surface area contributed by atoms with Gasteiger partial charge in [0.25, 0.3) is 0 Å². The Hall–Kier alpha value is -2.73. The van der Waals surface area contributed by atoms with Crippen LogP contribution in [0.25, 0.3) is 33.2 Å². The minimum atomic E-state index is -0.0673. The minimum Gasteiger partial charge on any atom is -0.341 e. The third-order valence-corrected chi connectivity index (χ3v) is 4.24. The Kier molecular flexibility index (Phi) is 3.54. The number of nitrogens with two attached hydrogens (primary N) is 1. The van der Waals surface area contributed by atoms with Crippen LogP contribution in [0.4, 0.5) is 0 Å². The molecule has 0 aliphatic carbocycles. The van der Waals surface area contributed by atoms with E-state index in [2.05, 4.69) is 51.1 Å². The summed E-state index contributed by atoms with van der Waals surface area (Å²) in [5, 5.41) is 7.99. The molecule has 24 heavy (non-hydrogen) atoms. The van der Waals surface area contributed by atoms with Gasteiger partial charge in [0.2, 0.25) is 0 Å². The monoisotopic (exact) mass is 320 g/mol. The average molecular weight is 320 g/mol. The number of aromatic amines is 2. The lowest BCUT2D eigenvalue weighted by molar-refractivity contribution is 0.496. The number of rotatable bonds is 4. The molecule has 122 valence electrons. The molecule has 1 aromatic carbocycles. The fraction of sp³-hybridized carbons (Fsp3) is 0.278. The highest BCUT2D eigenvalue weighted by Gasteiger charge is 2.14. The maximum Gasteiger partial charge on any atom is 0.155 e. The van der Waals surface area contributed by atoms with Crippen LogP contribution in [0.15, 0.2) is 36.7 Å². The van der Waals surface area contributed by atoms with Crippen LogP contribution in [0.2, 0.25) is 0 Å². The second-order valence-corrected chi connectivity index (χ2v) is 6.58. The average Bonchev–Trinajstić information content (AvgIpc) is 3.19. The first-order valence-corrected chi connectivity index (χ1v) is 8.15. The predicted octanol–water partition coefficient (Wildman–Crippen LogP) is 3.55. The molecule has 0 radical (unpaired) electrons. The Morgan fingerprint density at radius 2 is 2.08 bits per heavy atom. The zero-order chi connectivity index (χ0) is 16.7. The summed E-state index contributed by atoms with van der Waals surface area (Å²) >= 11 is 0. The summed E-state index contributed by atoms with van der Waals surface area (Å²) in [7, 11) is 0. The van der Waals surface area contributed by atoms with E-state index in [1.807, 2.05) is 12.1 Å². The van der Waals surface area contributed by atoms with Crippen molar-refractivity contribution in [3.8, 4) is 11.1 Å². The fourth-order valence-corrected chi connectivity index (χ4v) is 3.09. The normalized spacial score (nSPS) is 13.2. The molecule has 4 rings (SSSR count). The Morgan fingerprint density at radius 3 is 2.92 bits per heavy atom. The van der Waals surface area contributed by atoms with Gasteiger partial charge >= 0.3 is 0 Å². The summed E-state index contributed by atoms with van der Waals surface area (Å²) in [4.78, 5) is 12.3. The van der Waals surface area contributed by atoms with Gasteiger partial charge in [-0.1, -0.05) is 19.9 Å². The van der Waals surface area contributed by atoms with E-state index in [0.29, 0.717) is 5.92 Å². The van der Waals surface area contributed by atoms with Crippen molar-refractivity contribution in [2.75, 3.05) is 0 Å². The molecule has 3 aromatic heterocycles. The van der Waals surface area contributed by atoms with Crippen molar-refractivity contribution in [2.45, 2.75) is 26.3 Å². The van der Waals surface area contributed by atoms with Crippen LogP contribution >= 0.6 is 0 Å². The zero-order valence-corrected chi connectivity index (χ0v) is 13.7. The summed E-state index contributed by atoms with van der Waals surface area (Å²) in [5.41, 5.74) is 11.2. The lowest BCUT2D eigenvalue weighted by Gasteiger charge is -2.10. The predicted molar refractivity (Wildman–Crippen MR) is 95.4 cm³/mol. The van der Waals surface area contributed by atoms with E-state index < -0.39 is 0 Å². The highest BCUT2D eigenvalue weighted by atomic mass is 15.1. The molecule has 1 unspecified atom stereocenters. The lowest BCUT2D eigenvalue weighted by atomic mass is 10.0. The van der Waals surface area contributed by atoms with Crippen LogP contribution in [-0.4, -0.2) is 25.1 Å². The smallest absolute Gasteiger partial charge is 0.155 e. The highest BCUT2D eigenvalue weighted by molar-refractivity contribution is 5.94. The fourth-order valence-electron chi connectivity index (χ4n) is 3.09. The van der Waals surface area contributed by atoms with Crippen molar-refractivity contribution in [1.29, 1.82) is 0 Å². The van der Waals surface area contributed by atoms with Crippen LogP contribution in [0.1, 0.15) is 32.1 Å². The SMILES string of the molecule is CC(C)CC(N)c1nc2ccc(-c3ccnc4[nH]ncc34)cc2[nH]1. The second-order valence-electron chi connectivity index (χ2n) is 6.58. The number of nitrogens with one attached hydrogen (secondary N) is 2. The lowest BCUT2D eigenvalue weighted by Crippen LogP contribution is -2.14. The summed E-state index contributed by atoms with van der Waals surface area (Å²) in [6.45, 7) is 4.33.